The number of carboxylic acid groups (broad SMARTS) is 1. The third-order valence-electron chi connectivity index (χ3n) is 9.55. The van der Waals surface area contributed by atoms with Gasteiger partial charge >= 0.3 is 18.0 Å². The van der Waals surface area contributed by atoms with Crippen LogP contribution < -0.4 is 30.2 Å². The highest BCUT2D eigenvalue weighted by Crippen LogP contribution is 2.39. The van der Waals surface area contributed by atoms with Gasteiger partial charge in [0, 0.05) is 24.8 Å². The van der Waals surface area contributed by atoms with Crippen molar-refractivity contribution in [3.63, 3.8) is 0 Å². The van der Waals surface area contributed by atoms with E-state index in [2.05, 4.69) is 16.0 Å². The molecule has 0 radical (unpaired) electrons. The minimum absolute atomic E-state index is 0. The number of fused-ring (bicyclic) bond motifs is 1. The number of anilines is 2. The molecule has 3 aromatic carbocycles. The highest BCUT2D eigenvalue weighted by Gasteiger charge is 2.53. The zero-order chi connectivity index (χ0) is 35.6. The number of halogens is 1. The molecular formula is C37H44ClN5O8. The number of carbonyl (C=O) groups excluding carboxylic acids is 3. The number of ether oxygens (including phenoxy) is 3. The number of carboxylic acids is 1. The van der Waals surface area contributed by atoms with Crippen LogP contribution in [0.4, 0.5) is 21.0 Å². The molecule has 14 heteroatoms. The summed E-state index contributed by atoms with van der Waals surface area (Å²) in [6.07, 6.45) is 2.46. The second-order valence-electron chi connectivity index (χ2n) is 13.5. The van der Waals surface area contributed by atoms with Gasteiger partial charge in [-0.3, -0.25) is 14.5 Å². The lowest BCUT2D eigenvalue weighted by molar-refractivity contribution is -0.138. The van der Waals surface area contributed by atoms with Crippen LogP contribution in [0.1, 0.15) is 62.3 Å². The van der Waals surface area contributed by atoms with Crippen molar-refractivity contribution in [3.05, 3.63) is 77.4 Å². The summed E-state index contributed by atoms with van der Waals surface area (Å²) >= 11 is 0. The number of aliphatic carboxylic acids is 1. The fourth-order valence-electron chi connectivity index (χ4n) is 6.47. The number of benzene rings is 3. The number of aryl methyl sites for hydroxylation is 1. The third kappa shape index (κ3) is 8.32. The Morgan fingerprint density at radius 3 is 2.43 bits per heavy atom. The molecule has 0 bridgehead atoms. The number of imide groups is 1. The summed E-state index contributed by atoms with van der Waals surface area (Å²) in [6, 6.07) is 16.1. The van der Waals surface area contributed by atoms with Crippen molar-refractivity contribution < 1.29 is 38.5 Å². The number of para-hydroxylation sites is 1. The lowest BCUT2D eigenvalue weighted by Crippen LogP contribution is -2.48. The minimum Gasteiger partial charge on any atom is -0.495 e. The summed E-state index contributed by atoms with van der Waals surface area (Å²) in [7, 11) is 1.50. The Balaban J connectivity index is 0.00000504. The van der Waals surface area contributed by atoms with Crippen LogP contribution in [-0.2, 0) is 16.1 Å². The van der Waals surface area contributed by atoms with Crippen LogP contribution in [0.15, 0.2) is 60.7 Å². The van der Waals surface area contributed by atoms with Crippen molar-refractivity contribution in [1.82, 2.24) is 15.1 Å². The quantitative estimate of drug-likeness (QED) is 0.140. The van der Waals surface area contributed by atoms with Crippen LogP contribution in [-0.4, -0.2) is 70.9 Å². The molecular weight excluding hydrogens is 678 g/mol. The highest BCUT2D eigenvalue weighted by molar-refractivity contribution is 6.07. The monoisotopic (exact) mass is 721 g/mol. The molecule has 1 saturated carbocycles. The van der Waals surface area contributed by atoms with Gasteiger partial charge in [0.1, 0.15) is 11.3 Å². The van der Waals surface area contributed by atoms with Crippen LogP contribution in [0.5, 0.6) is 17.2 Å². The minimum atomic E-state index is -1.14. The number of nitrogens with zero attached hydrogens (tertiary/aromatic N) is 2. The average molecular weight is 722 g/mol. The molecule has 1 aliphatic carbocycles. The van der Waals surface area contributed by atoms with E-state index >= 15 is 0 Å². The van der Waals surface area contributed by atoms with Gasteiger partial charge < -0.3 is 40.2 Å². The Kier molecular flexibility index (Phi) is 11.3. The first-order valence-corrected chi connectivity index (χ1v) is 16.7. The molecule has 0 unspecified atom stereocenters. The molecule has 272 valence electrons. The first-order valence-electron chi connectivity index (χ1n) is 16.7. The molecule has 1 saturated heterocycles. The summed E-state index contributed by atoms with van der Waals surface area (Å²) in [5.41, 5.74) is 2.33. The number of hydrogen-bond donors (Lipinski definition) is 4. The van der Waals surface area contributed by atoms with Crippen LogP contribution >= 0.6 is 12.4 Å². The standard InChI is InChI=1S/C37H43N5O8.ClH/c1-22-7-5-6-8-27(22)39-35(46)40-28-13-11-24(16-31(28)48-4)20-41-36(47)42(34(45)37(41,2)3)26(15-23-9-10-23)19-38-29(18-33(43)44)25-12-14-30-32(17-25)50-21-49-30;/h5-8,11-14,16-17,23,26,29,38H,9-10,15,18-21H2,1-4H3,(H,43,44)(H2,39,40,46);1H/t26-,29-;/m0./s1. The number of rotatable bonds is 14. The maximum Gasteiger partial charge on any atom is 0.328 e. The predicted octanol–water partition coefficient (Wildman–Crippen LogP) is 6.32. The number of methoxy groups -OCH3 is 1. The van der Waals surface area contributed by atoms with E-state index in [1.807, 2.05) is 31.2 Å². The topological polar surface area (TPSA) is 159 Å². The lowest BCUT2D eigenvalue weighted by atomic mass is 10.00. The zero-order valence-electron chi connectivity index (χ0n) is 29.1. The Bertz CT molecular complexity index is 1800. The maximum absolute atomic E-state index is 14.1. The fourth-order valence-corrected chi connectivity index (χ4v) is 6.47. The van der Waals surface area contributed by atoms with Crippen LogP contribution in [0.3, 0.4) is 0 Å². The van der Waals surface area contributed by atoms with E-state index in [0.717, 1.165) is 18.4 Å². The maximum atomic E-state index is 14.1. The van der Waals surface area contributed by atoms with Gasteiger partial charge in [-0.1, -0.05) is 43.2 Å². The largest absolute Gasteiger partial charge is 0.495 e. The number of nitrogens with one attached hydrogen (secondary N) is 3. The van der Waals surface area contributed by atoms with Gasteiger partial charge in [-0.25, -0.2) is 9.59 Å². The molecule has 0 spiro atoms. The molecule has 2 aliphatic heterocycles. The van der Waals surface area contributed by atoms with Gasteiger partial charge in [-0.05, 0) is 80.1 Å². The molecule has 2 fully saturated rings. The van der Waals surface area contributed by atoms with E-state index < -0.39 is 35.7 Å². The first kappa shape index (κ1) is 37.3. The van der Waals surface area contributed by atoms with Crippen molar-refractivity contribution in [3.8, 4) is 17.2 Å². The van der Waals surface area contributed by atoms with Gasteiger partial charge in [-0.2, -0.15) is 0 Å². The van der Waals surface area contributed by atoms with E-state index in [-0.39, 0.29) is 44.6 Å². The van der Waals surface area contributed by atoms with E-state index in [1.165, 1.54) is 12.0 Å². The SMILES string of the molecule is COc1cc(CN2C(=O)N([C@H](CN[C@@H](CC(=O)O)c3ccc4c(c3)OCO4)CC3CC3)C(=O)C2(C)C)ccc1NC(=O)Nc1ccccc1C.Cl. The molecule has 6 rings (SSSR count). The Hall–Kier alpha value is -5.01. The van der Waals surface area contributed by atoms with E-state index in [1.54, 1.807) is 55.1 Å². The predicted molar refractivity (Wildman–Crippen MR) is 193 cm³/mol. The molecule has 3 aliphatic rings. The Morgan fingerprint density at radius 1 is 1.00 bits per heavy atom. The van der Waals surface area contributed by atoms with E-state index in [4.69, 9.17) is 14.2 Å². The summed E-state index contributed by atoms with van der Waals surface area (Å²) in [5.74, 6) is 0.628. The molecule has 13 nitrogen and oxygen atoms in total. The normalized spacial score (nSPS) is 17.1. The van der Waals surface area contributed by atoms with E-state index in [0.29, 0.717) is 52.1 Å². The van der Waals surface area contributed by atoms with Crippen molar-refractivity contribution in [2.45, 2.75) is 70.6 Å². The van der Waals surface area contributed by atoms with Crippen molar-refractivity contribution in [1.29, 1.82) is 0 Å². The van der Waals surface area contributed by atoms with Gasteiger partial charge in [0.15, 0.2) is 11.5 Å². The number of hydrogen-bond acceptors (Lipinski definition) is 8. The van der Waals surface area contributed by atoms with E-state index in [9.17, 15) is 24.3 Å². The van der Waals surface area contributed by atoms with Gasteiger partial charge in [0.25, 0.3) is 5.91 Å². The number of amides is 5. The highest BCUT2D eigenvalue weighted by atomic mass is 35.5. The molecule has 2 atom stereocenters. The number of urea groups is 2. The smallest absolute Gasteiger partial charge is 0.328 e. The lowest BCUT2D eigenvalue weighted by Gasteiger charge is -2.29. The second-order valence-corrected chi connectivity index (χ2v) is 13.5. The third-order valence-corrected chi connectivity index (χ3v) is 9.55. The van der Waals surface area contributed by atoms with Crippen LogP contribution in [0.25, 0.3) is 0 Å². The summed E-state index contributed by atoms with van der Waals surface area (Å²) in [5, 5.41) is 18.7. The molecule has 4 N–H and O–H groups in total. The van der Waals surface area contributed by atoms with Gasteiger partial charge in [0.05, 0.1) is 25.3 Å². The molecule has 5 amide bonds. The molecule has 0 aromatic heterocycles. The second kappa shape index (κ2) is 15.5. The van der Waals surface area contributed by atoms with Gasteiger partial charge in [-0.15, -0.1) is 12.4 Å². The van der Waals surface area contributed by atoms with Crippen molar-refractivity contribution in [2.75, 3.05) is 31.1 Å². The first-order chi connectivity index (χ1) is 23.9. The fraction of sp³-hybridized carbons (Fsp3) is 0.405. The van der Waals surface area contributed by atoms with Gasteiger partial charge in [0.2, 0.25) is 6.79 Å². The zero-order valence-corrected chi connectivity index (χ0v) is 29.9. The molecule has 2 heterocycles. The number of carbonyl (C=O) groups is 4. The molecule has 3 aromatic rings. The van der Waals surface area contributed by atoms with Crippen molar-refractivity contribution in [2.24, 2.45) is 5.92 Å². The Morgan fingerprint density at radius 2 is 1.73 bits per heavy atom. The Labute approximate surface area is 303 Å². The van der Waals surface area contributed by atoms with Crippen molar-refractivity contribution >= 4 is 47.7 Å². The summed E-state index contributed by atoms with van der Waals surface area (Å²) in [6.45, 7) is 5.82. The summed E-state index contributed by atoms with van der Waals surface area (Å²) < 4.78 is 16.5. The average Bonchev–Trinajstić information content (AvgIpc) is 3.74. The summed E-state index contributed by atoms with van der Waals surface area (Å²) in [4.78, 5) is 55.7. The van der Waals surface area contributed by atoms with Crippen LogP contribution in [0, 0.1) is 12.8 Å². The molecule has 51 heavy (non-hydrogen) atoms. The van der Waals surface area contributed by atoms with Crippen LogP contribution in [0.2, 0.25) is 0 Å².